The number of amides is 1. The average Bonchev–Trinajstić information content (AvgIpc) is 2.58. The van der Waals surface area contributed by atoms with Gasteiger partial charge in [0.2, 0.25) is 0 Å². The lowest BCUT2D eigenvalue weighted by Gasteiger charge is -2.27. The van der Waals surface area contributed by atoms with E-state index in [9.17, 15) is 14.9 Å². The molecule has 0 radical (unpaired) electrons. The molecule has 0 aliphatic carbocycles. The molecule has 23 heavy (non-hydrogen) atoms. The smallest absolute Gasteiger partial charge is 0.282 e. The first-order valence-electron chi connectivity index (χ1n) is 7.65. The molecule has 0 unspecified atom stereocenters. The van der Waals surface area contributed by atoms with Gasteiger partial charge in [-0.1, -0.05) is 0 Å². The second-order valence-corrected chi connectivity index (χ2v) is 6.22. The summed E-state index contributed by atoms with van der Waals surface area (Å²) in [6.07, 6.45) is 2.71. The lowest BCUT2D eigenvalue weighted by atomic mass is 10.1. The number of nitro groups is 1. The molecule has 1 aromatic carbocycles. The van der Waals surface area contributed by atoms with E-state index in [4.69, 9.17) is 0 Å². The molecule has 0 saturated carbocycles. The van der Waals surface area contributed by atoms with Crippen LogP contribution in [-0.4, -0.2) is 61.3 Å². The number of nitro benzene ring substituents is 1. The molecule has 1 aliphatic rings. The number of carbonyl (C=O) groups is 1. The standard InChI is InChI=1S/C15H22N4O3S/c1-23-12-3-4-14(19(21)22)13(11-12)15(20)17-5-2-8-18-9-6-16-7-10-18/h3-4,11,16H,2,5-10H2,1H3,(H,17,20). The normalized spacial score (nSPS) is 15.3. The summed E-state index contributed by atoms with van der Waals surface area (Å²) < 4.78 is 0. The molecule has 0 atom stereocenters. The number of benzene rings is 1. The van der Waals surface area contributed by atoms with Gasteiger partial charge < -0.3 is 15.5 Å². The summed E-state index contributed by atoms with van der Waals surface area (Å²) >= 11 is 1.45. The molecule has 2 rings (SSSR count). The number of hydrogen-bond donors (Lipinski definition) is 2. The molecule has 8 heteroatoms. The molecule has 1 saturated heterocycles. The third kappa shape index (κ3) is 5.19. The third-order valence-electron chi connectivity index (χ3n) is 3.79. The van der Waals surface area contributed by atoms with Crippen LogP contribution in [0.15, 0.2) is 23.1 Å². The highest BCUT2D eigenvalue weighted by atomic mass is 32.2. The van der Waals surface area contributed by atoms with Crippen LogP contribution in [0.2, 0.25) is 0 Å². The van der Waals surface area contributed by atoms with Gasteiger partial charge in [0.05, 0.1) is 4.92 Å². The lowest BCUT2D eigenvalue weighted by Crippen LogP contribution is -2.44. The minimum atomic E-state index is -0.514. The first-order valence-corrected chi connectivity index (χ1v) is 8.88. The fourth-order valence-corrected chi connectivity index (χ4v) is 2.96. The van der Waals surface area contributed by atoms with Crippen molar-refractivity contribution in [3.05, 3.63) is 33.9 Å². The third-order valence-corrected chi connectivity index (χ3v) is 4.52. The van der Waals surface area contributed by atoms with Crippen molar-refractivity contribution in [3.8, 4) is 0 Å². The van der Waals surface area contributed by atoms with Gasteiger partial charge in [-0.15, -0.1) is 11.8 Å². The van der Waals surface area contributed by atoms with Crippen molar-refractivity contribution in [1.82, 2.24) is 15.5 Å². The molecule has 1 fully saturated rings. The number of nitrogens with zero attached hydrogens (tertiary/aromatic N) is 2. The van der Waals surface area contributed by atoms with E-state index in [-0.39, 0.29) is 17.2 Å². The summed E-state index contributed by atoms with van der Waals surface area (Å²) in [5.41, 5.74) is -0.0218. The minimum absolute atomic E-state index is 0.129. The van der Waals surface area contributed by atoms with Gasteiger partial charge in [-0.05, 0) is 31.4 Å². The predicted molar refractivity (Wildman–Crippen MR) is 91.1 cm³/mol. The molecule has 7 nitrogen and oxygen atoms in total. The molecule has 0 bridgehead atoms. The van der Waals surface area contributed by atoms with E-state index < -0.39 is 4.92 Å². The maximum atomic E-state index is 12.2. The van der Waals surface area contributed by atoms with Crippen molar-refractivity contribution in [2.24, 2.45) is 0 Å². The Bertz CT molecular complexity index is 562. The Balaban J connectivity index is 1.88. The number of nitrogens with one attached hydrogen (secondary N) is 2. The molecule has 126 valence electrons. The number of carbonyl (C=O) groups excluding carboxylic acids is 1. The van der Waals surface area contributed by atoms with Crippen LogP contribution < -0.4 is 10.6 Å². The van der Waals surface area contributed by atoms with Crippen molar-refractivity contribution in [2.75, 3.05) is 45.5 Å². The molecular formula is C15H22N4O3S. The van der Waals surface area contributed by atoms with E-state index in [1.54, 1.807) is 12.1 Å². The van der Waals surface area contributed by atoms with Gasteiger partial charge in [0.15, 0.2) is 0 Å². The van der Waals surface area contributed by atoms with Crippen LogP contribution in [0.5, 0.6) is 0 Å². The second kappa shape index (κ2) is 8.85. The van der Waals surface area contributed by atoms with Crippen molar-refractivity contribution < 1.29 is 9.72 Å². The largest absolute Gasteiger partial charge is 0.352 e. The van der Waals surface area contributed by atoms with Crippen LogP contribution in [0, 0.1) is 10.1 Å². The molecule has 0 spiro atoms. The van der Waals surface area contributed by atoms with Crippen LogP contribution in [-0.2, 0) is 0 Å². The van der Waals surface area contributed by atoms with Gasteiger partial charge in [0.1, 0.15) is 5.56 Å². The Kier molecular flexibility index (Phi) is 6.82. The molecule has 0 aromatic heterocycles. The maximum absolute atomic E-state index is 12.2. The molecule has 2 N–H and O–H groups in total. The molecule has 1 amide bonds. The highest BCUT2D eigenvalue weighted by molar-refractivity contribution is 7.98. The van der Waals surface area contributed by atoms with Gasteiger partial charge in [0.25, 0.3) is 11.6 Å². The summed E-state index contributed by atoms with van der Waals surface area (Å²) in [5.74, 6) is -0.382. The number of thioether (sulfide) groups is 1. The van der Waals surface area contributed by atoms with E-state index >= 15 is 0 Å². The Morgan fingerprint density at radius 2 is 2.17 bits per heavy atom. The fraction of sp³-hybridized carbons (Fsp3) is 0.533. The molecule has 1 heterocycles. The van der Waals surface area contributed by atoms with Gasteiger partial charge in [-0.2, -0.15) is 0 Å². The van der Waals surface area contributed by atoms with E-state index in [0.29, 0.717) is 6.54 Å². The van der Waals surface area contributed by atoms with Gasteiger partial charge >= 0.3 is 0 Å². The van der Waals surface area contributed by atoms with E-state index in [0.717, 1.165) is 44.0 Å². The average molecular weight is 338 g/mol. The Morgan fingerprint density at radius 1 is 1.43 bits per heavy atom. The Hall–Kier alpha value is -1.64. The summed E-state index contributed by atoms with van der Waals surface area (Å²) in [6.45, 7) is 5.49. The SMILES string of the molecule is CSc1ccc([N+](=O)[O-])c(C(=O)NCCCN2CCNCC2)c1. The summed E-state index contributed by atoms with van der Waals surface area (Å²) in [5, 5.41) is 17.2. The van der Waals surface area contributed by atoms with Gasteiger partial charge in [-0.3, -0.25) is 14.9 Å². The first kappa shape index (κ1) is 17.7. The lowest BCUT2D eigenvalue weighted by molar-refractivity contribution is -0.385. The molecule has 1 aromatic rings. The van der Waals surface area contributed by atoms with Crippen molar-refractivity contribution >= 4 is 23.4 Å². The summed E-state index contributed by atoms with van der Waals surface area (Å²) in [6, 6.07) is 4.62. The first-order chi connectivity index (χ1) is 11.1. The number of piperazine rings is 1. The zero-order valence-electron chi connectivity index (χ0n) is 13.2. The van der Waals surface area contributed by atoms with Crippen LogP contribution in [0.4, 0.5) is 5.69 Å². The monoisotopic (exact) mass is 338 g/mol. The van der Waals surface area contributed by atoms with Crippen molar-refractivity contribution in [1.29, 1.82) is 0 Å². The van der Waals surface area contributed by atoms with Crippen molar-refractivity contribution in [2.45, 2.75) is 11.3 Å². The fourth-order valence-electron chi connectivity index (χ4n) is 2.52. The zero-order chi connectivity index (χ0) is 16.7. The zero-order valence-corrected chi connectivity index (χ0v) is 14.0. The maximum Gasteiger partial charge on any atom is 0.282 e. The number of hydrogen-bond acceptors (Lipinski definition) is 6. The van der Waals surface area contributed by atoms with Gasteiger partial charge in [-0.25, -0.2) is 0 Å². The topological polar surface area (TPSA) is 87.5 Å². The molecular weight excluding hydrogens is 316 g/mol. The van der Waals surface area contributed by atoms with Crippen LogP contribution in [0.3, 0.4) is 0 Å². The summed E-state index contributed by atoms with van der Waals surface area (Å²) in [4.78, 5) is 26.0. The van der Waals surface area contributed by atoms with E-state index in [1.807, 2.05) is 6.26 Å². The van der Waals surface area contributed by atoms with Crippen molar-refractivity contribution in [3.63, 3.8) is 0 Å². The second-order valence-electron chi connectivity index (χ2n) is 5.34. The highest BCUT2D eigenvalue weighted by Gasteiger charge is 2.20. The Morgan fingerprint density at radius 3 is 2.83 bits per heavy atom. The minimum Gasteiger partial charge on any atom is -0.352 e. The predicted octanol–water partition coefficient (Wildman–Crippen LogP) is 1.34. The van der Waals surface area contributed by atoms with Gasteiger partial charge in [0, 0.05) is 43.7 Å². The van der Waals surface area contributed by atoms with E-state index in [1.165, 1.54) is 17.8 Å². The van der Waals surface area contributed by atoms with Crippen LogP contribution in [0.25, 0.3) is 0 Å². The Labute approximate surface area is 140 Å². The van der Waals surface area contributed by atoms with Crippen LogP contribution >= 0.6 is 11.8 Å². The van der Waals surface area contributed by atoms with Crippen LogP contribution in [0.1, 0.15) is 16.8 Å². The summed E-state index contributed by atoms with van der Waals surface area (Å²) in [7, 11) is 0. The number of rotatable bonds is 7. The van der Waals surface area contributed by atoms with E-state index in [2.05, 4.69) is 15.5 Å². The quantitative estimate of drug-likeness (QED) is 0.338. The molecule has 1 aliphatic heterocycles. The highest BCUT2D eigenvalue weighted by Crippen LogP contribution is 2.24.